The third kappa shape index (κ3) is 5.94. The summed E-state index contributed by atoms with van der Waals surface area (Å²) >= 11 is 0. The lowest BCUT2D eigenvalue weighted by atomic mass is 10.0. The summed E-state index contributed by atoms with van der Waals surface area (Å²) < 4.78 is 4.71. The topological polar surface area (TPSA) is 48.5 Å². The SMILES string of the molecule is C=C/C(=C\C=C/C)c1nc(-c2ccccc2)nc(-c2ccc(-n3c4ccccc4c4cc(-c5ccc6c(c5)c5ccccc5n6-c5ccccc5)ccc43)cc2)n1. The van der Waals surface area contributed by atoms with Crippen LogP contribution in [-0.2, 0) is 0 Å². The summed E-state index contributed by atoms with van der Waals surface area (Å²) in [4.78, 5) is 14.7. The van der Waals surface area contributed by atoms with Gasteiger partial charge in [0.2, 0.25) is 0 Å². The Bertz CT molecular complexity index is 3180. The van der Waals surface area contributed by atoms with E-state index in [1.807, 2.05) is 55.5 Å². The van der Waals surface area contributed by atoms with Crippen LogP contribution >= 0.6 is 0 Å². The fourth-order valence-corrected chi connectivity index (χ4v) is 7.98. The van der Waals surface area contributed by atoms with Gasteiger partial charge in [-0.3, -0.25) is 0 Å². The number of aromatic nitrogens is 5. The largest absolute Gasteiger partial charge is 0.309 e. The monoisotopic (exact) mass is 731 g/mol. The number of fused-ring (bicyclic) bond motifs is 6. The second-order valence-corrected chi connectivity index (χ2v) is 14.1. The fourth-order valence-electron chi connectivity index (χ4n) is 7.98. The highest BCUT2D eigenvalue weighted by molar-refractivity contribution is 6.12. The van der Waals surface area contributed by atoms with E-state index in [0.29, 0.717) is 17.5 Å². The minimum atomic E-state index is 0.579. The second-order valence-electron chi connectivity index (χ2n) is 14.1. The average molecular weight is 732 g/mol. The first kappa shape index (κ1) is 33.9. The molecule has 10 aromatic rings. The number of rotatable bonds is 8. The van der Waals surface area contributed by atoms with E-state index in [0.717, 1.165) is 39.1 Å². The number of nitrogens with zero attached hydrogens (tertiary/aromatic N) is 5. The van der Waals surface area contributed by atoms with Gasteiger partial charge in [-0.15, -0.1) is 0 Å². The zero-order valence-electron chi connectivity index (χ0n) is 31.4. The van der Waals surface area contributed by atoms with Gasteiger partial charge < -0.3 is 9.13 Å². The number of hydrogen-bond donors (Lipinski definition) is 0. The Hall–Kier alpha value is -7.63. The van der Waals surface area contributed by atoms with Gasteiger partial charge in [-0.2, -0.15) is 0 Å². The van der Waals surface area contributed by atoms with Gasteiger partial charge in [0.25, 0.3) is 0 Å². The van der Waals surface area contributed by atoms with Crippen LogP contribution in [0.15, 0.2) is 201 Å². The zero-order chi connectivity index (χ0) is 38.3. The van der Waals surface area contributed by atoms with Gasteiger partial charge in [-0.25, -0.2) is 15.0 Å². The minimum absolute atomic E-state index is 0.579. The highest BCUT2D eigenvalue weighted by Crippen LogP contribution is 2.38. The quantitative estimate of drug-likeness (QED) is 0.146. The van der Waals surface area contributed by atoms with Crippen LogP contribution in [0.3, 0.4) is 0 Å². The van der Waals surface area contributed by atoms with Crippen LogP contribution in [0, 0.1) is 0 Å². The molecule has 0 spiro atoms. The van der Waals surface area contributed by atoms with Crippen LogP contribution in [-0.4, -0.2) is 24.1 Å². The van der Waals surface area contributed by atoms with Gasteiger partial charge in [-0.05, 0) is 90.8 Å². The maximum Gasteiger partial charge on any atom is 0.164 e. The van der Waals surface area contributed by atoms with E-state index < -0.39 is 0 Å². The molecule has 10 rings (SSSR count). The molecule has 0 aliphatic carbocycles. The summed E-state index contributed by atoms with van der Waals surface area (Å²) in [7, 11) is 0. The molecular weight excluding hydrogens is 695 g/mol. The fraction of sp³-hybridized carbons (Fsp3) is 0.0192. The summed E-state index contributed by atoms with van der Waals surface area (Å²) in [6.07, 6.45) is 7.70. The average Bonchev–Trinajstić information content (AvgIpc) is 3.79. The standard InChI is InChI=1S/C52H37N5/c1-3-5-16-35(4-2)50-53-51(36-17-8-6-9-18-36)55-52(54-50)37-25-29-41(30-26-37)57-47-24-15-13-22-43(47)45-34-39(28-32-49(45)57)38-27-31-48-44(33-38)42-21-12-14-23-46(42)56(48)40-19-10-7-11-20-40/h3-34H,2H2,1H3/b5-3-,35-16+. The Morgan fingerprint density at radius 1 is 0.456 bits per heavy atom. The van der Waals surface area contributed by atoms with Crippen LogP contribution in [0.5, 0.6) is 0 Å². The molecule has 57 heavy (non-hydrogen) atoms. The molecule has 0 saturated carbocycles. The molecule has 0 bridgehead atoms. The molecule has 0 atom stereocenters. The van der Waals surface area contributed by atoms with E-state index in [2.05, 4.69) is 155 Å². The summed E-state index contributed by atoms with van der Waals surface area (Å²) in [5.41, 5.74) is 11.9. The Balaban J connectivity index is 1.07. The summed E-state index contributed by atoms with van der Waals surface area (Å²) in [6, 6.07) is 60.2. The molecule has 5 heteroatoms. The Labute approximate surface area is 330 Å². The predicted octanol–water partition coefficient (Wildman–Crippen LogP) is 13.2. The van der Waals surface area contributed by atoms with E-state index in [-0.39, 0.29) is 0 Å². The van der Waals surface area contributed by atoms with Crippen molar-refractivity contribution in [2.24, 2.45) is 0 Å². The van der Waals surface area contributed by atoms with Gasteiger partial charge in [0.1, 0.15) is 0 Å². The highest BCUT2D eigenvalue weighted by Gasteiger charge is 2.17. The third-order valence-electron chi connectivity index (χ3n) is 10.7. The van der Waals surface area contributed by atoms with Gasteiger partial charge in [-0.1, -0.05) is 128 Å². The molecule has 3 heterocycles. The van der Waals surface area contributed by atoms with Gasteiger partial charge in [0.15, 0.2) is 17.5 Å². The van der Waals surface area contributed by atoms with E-state index in [4.69, 9.17) is 15.0 Å². The third-order valence-corrected chi connectivity index (χ3v) is 10.7. The van der Waals surface area contributed by atoms with Crippen molar-refractivity contribution in [3.63, 3.8) is 0 Å². The van der Waals surface area contributed by atoms with Crippen molar-refractivity contribution in [1.82, 2.24) is 24.1 Å². The van der Waals surface area contributed by atoms with Gasteiger partial charge in [0, 0.05) is 49.6 Å². The molecule has 0 aliphatic rings. The summed E-state index contributed by atoms with van der Waals surface area (Å²) in [5.74, 6) is 1.80. The number of benzene rings is 7. The number of hydrogen-bond acceptors (Lipinski definition) is 3. The van der Waals surface area contributed by atoms with Gasteiger partial charge >= 0.3 is 0 Å². The molecule has 5 nitrogen and oxygen atoms in total. The predicted molar refractivity (Wildman–Crippen MR) is 238 cm³/mol. The Kier molecular flexibility index (Phi) is 8.46. The number of allylic oxidation sites excluding steroid dienone is 5. The van der Waals surface area contributed by atoms with Gasteiger partial charge in [0.05, 0.1) is 22.1 Å². The lowest BCUT2D eigenvalue weighted by Gasteiger charge is -2.11. The van der Waals surface area contributed by atoms with Crippen molar-refractivity contribution in [2.75, 3.05) is 0 Å². The summed E-state index contributed by atoms with van der Waals surface area (Å²) in [6.45, 7) is 6.02. The molecule has 270 valence electrons. The molecule has 0 amide bonds. The molecule has 0 radical (unpaired) electrons. The maximum atomic E-state index is 4.94. The van der Waals surface area contributed by atoms with Crippen LogP contribution < -0.4 is 0 Å². The van der Waals surface area contributed by atoms with Crippen molar-refractivity contribution < 1.29 is 0 Å². The van der Waals surface area contributed by atoms with Crippen LogP contribution in [0.2, 0.25) is 0 Å². The van der Waals surface area contributed by atoms with E-state index in [9.17, 15) is 0 Å². The van der Waals surface area contributed by atoms with Crippen LogP contribution in [0.1, 0.15) is 12.7 Å². The van der Waals surface area contributed by atoms with Crippen molar-refractivity contribution in [2.45, 2.75) is 6.92 Å². The molecule has 0 fully saturated rings. The van der Waals surface area contributed by atoms with Crippen molar-refractivity contribution >= 4 is 49.2 Å². The maximum absolute atomic E-state index is 4.94. The first-order chi connectivity index (χ1) is 28.2. The first-order valence-electron chi connectivity index (χ1n) is 19.2. The Morgan fingerprint density at radius 3 is 1.46 bits per heavy atom. The molecule has 0 unspecified atom stereocenters. The first-order valence-corrected chi connectivity index (χ1v) is 19.2. The van der Waals surface area contributed by atoms with E-state index in [1.165, 1.54) is 43.7 Å². The smallest absolute Gasteiger partial charge is 0.164 e. The highest BCUT2D eigenvalue weighted by atomic mass is 15.0. The molecule has 0 saturated heterocycles. The summed E-state index contributed by atoms with van der Waals surface area (Å²) in [5, 5.41) is 4.90. The Morgan fingerprint density at radius 2 is 0.912 bits per heavy atom. The lowest BCUT2D eigenvalue weighted by Crippen LogP contribution is -2.02. The molecule has 0 aliphatic heterocycles. The lowest BCUT2D eigenvalue weighted by molar-refractivity contribution is 1.04. The normalized spacial score (nSPS) is 12.1. The second kappa shape index (κ2) is 14.2. The minimum Gasteiger partial charge on any atom is -0.309 e. The van der Waals surface area contributed by atoms with Crippen LogP contribution in [0.25, 0.3) is 94.5 Å². The number of para-hydroxylation sites is 3. The van der Waals surface area contributed by atoms with Crippen molar-refractivity contribution in [3.8, 4) is 45.3 Å². The van der Waals surface area contributed by atoms with Crippen LogP contribution in [0.4, 0.5) is 0 Å². The van der Waals surface area contributed by atoms with E-state index >= 15 is 0 Å². The molecular formula is C52H37N5. The zero-order valence-corrected chi connectivity index (χ0v) is 31.4. The van der Waals surface area contributed by atoms with Crippen molar-refractivity contribution in [1.29, 1.82) is 0 Å². The van der Waals surface area contributed by atoms with Crippen molar-refractivity contribution in [3.05, 3.63) is 207 Å². The van der Waals surface area contributed by atoms with E-state index in [1.54, 1.807) is 6.08 Å². The molecule has 0 N–H and O–H groups in total. The molecule has 7 aromatic carbocycles. The molecule has 3 aromatic heterocycles.